The van der Waals surface area contributed by atoms with Crippen molar-refractivity contribution in [3.8, 4) is 0 Å². The van der Waals surface area contributed by atoms with Crippen molar-refractivity contribution in [2.24, 2.45) is 0 Å². The molecule has 24 heavy (non-hydrogen) atoms. The van der Waals surface area contributed by atoms with Crippen molar-refractivity contribution < 1.29 is 9.53 Å². The Hall–Kier alpha value is -1.92. The molecular formula is C18H20N2O2S2. The standard InChI is InChI=1S/C18H20N2O2S2/c1-3-22-17(21)15-13-5-4-6-14(13)24-16(15)20-18(23)19-12-9-7-11(2)8-10-12/h7-10H,3-6H2,1-2H3,(H2,19,20,23). The molecule has 0 bridgehead atoms. The van der Waals surface area contributed by atoms with Crippen molar-refractivity contribution in [2.75, 3.05) is 17.2 Å². The molecule has 0 unspecified atom stereocenters. The van der Waals surface area contributed by atoms with Gasteiger partial charge >= 0.3 is 5.97 Å². The Morgan fingerprint density at radius 2 is 2.00 bits per heavy atom. The lowest BCUT2D eigenvalue weighted by Crippen LogP contribution is -2.20. The van der Waals surface area contributed by atoms with Gasteiger partial charge in [-0.05, 0) is 63.0 Å². The van der Waals surface area contributed by atoms with Crippen molar-refractivity contribution >= 4 is 45.3 Å². The zero-order valence-corrected chi connectivity index (χ0v) is 15.4. The van der Waals surface area contributed by atoms with Gasteiger partial charge in [0.05, 0.1) is 12.2 Å². The molecule has 2 aromatic rings. The number of rotatable bonds is 4. The van der Waals surface area contributed by atoms with Gasteiger partial charge in [-0.2, -0.15) is 0 Å². The van der Waals surface area contributed by atoms with E-state index in [4.69, 9.17) is 17.0 Å². The van der Waals surface area contributed by atoms with E-state index in [-0.39, 0.29) is 5.97 Å². The molecule has 2 N–H and O–H groups in total. The zero-order chi connectivity index (χ0) is 17.1. The highest BCUT2D eigenvalue weighted by Crippen LogP contribution is 2.39. The molecule has 0 aliphatic heterocycles. The van der Waals surface area contributed by atoms with Gasteiger partial charge in [-0.25, -0.2) is 4.79 Å². The fraction of sp³-hybridized carbons (Fsp3) is 0.333. The largest absolute Gasteiger partial charge is 0.462 e. The third kappa shape index (κ3) is 3.60. The molecule has 0 saturated carbocycles. The van der Waals surface area contributed by atoms with Gasteiger partial charge in [-0.3, -0.25) is 0 Å². The number of hydrogen-bond donors (Lipinski definition) is 2. The van der Waals surface area contributed by atoms with E-state index in [1.54, 1.807) is 11.3 Å². The van der Waals surface area contributed by atoms with Crippen LogP contribution in [0.2, 0.25) is 0 Å². The average Bonchev–Trinajstić information content (AvgIpc) is 3.10. The second kappa shape index (κ2) is 7.32. The average molecular weight is 361 g/mol. The number of thiophene rings is 1. The summed E-state index contributed by atoms with van der Waals surface area (Å²) in [6.45, 7) is 4.23. The number of carbonyl (C=O) groups excluding carboxylic acids is 1. The summed E-state index contributed by atoms with van der Waals surface area (Å²) in [5.41, 5.74) is 3.89. The number of hydrogen-bond acceptors (Lipinski definition) is 4. The van der Waals surface area contributed by atoms with Crippen LogP contribution in [0, 0.1) is 6.92 Å². The van der Waals surface area contributed by atoms with Crippen LogP contribution in [0.4, 0.5) is 10.7 Å². The molecule has 1 heterocycles. The molecule has 0 atom stereocenters. The highest BCUT2D eigenvalue weighted by atomic mass is 32.1. The van der Waals surface area contributed by atoms with Gasteiger partial charge in [0, 0.05) is 10.6 Å². The highest BCUT2D eigenvalue weighted by molar-refractivity contribution is 7.80. The monoisotopic (exact) mass is 360 g/mol. The fourth-order valence-electron chi connectivity index (χ4n) is 2.81. The maximum absolute atomic E-state index is 12.3. The van der Waals surface area contributed by atoms with E-state index in [1.165, 1.54) is 10.4 Å². The Morgan fingerprint density at radius 3 is 2.71 bits per heavy atom. The van der Waals surface area contributed by atoms with E-state index in [9.17, 15) is 4.79 Å². The molecule has 0 spiro atoms. The van der Waals surface area contributed by atoms with Crippen molar-refractivity contribution in [2.45, 2.75) is 33.1 Å². The first-order valence-corrected chi connectivity index (χ1v) is 9.27. The van der Waals surface area contributed by atoms with E-state index < -0.39 is 0 Å². The number of benzene rings is 1. The molecule has 1 aliphatic rings. The summed E-state index contributed by atoms with van der Waals surface area (Å²) < 4.78 is 5.23. The number of anilines is 2. The number of thiocarbonyl (C=S) groups is 1. The second-order valence-corrected chi connectivity index (χ2v) is 7.24. The summed E-state index contributed by atoms with van der Waals surface area (Å²) in [6, 6.07) is 8.00. The molecule has 0 amide bonds. The lowest BCUT2D eigenvalue weighted by molar-refractivity contribution is 0.0527. The summed E-state index contributed by atoms with van der Waals surface area (Å²) in [4.78, 5) is 13.6. The van der Waals surface area contributed by atoms with Gasteiger partial charge in [-0.15, -0.1) is 11.3 Å². The van der Waals surface area contributed by atoms with Crippen molar-refractivity contribution in [1.29, 1.82) is 0 Å². The maximum atomic E-state index is 12.3. The minimum Gasteiger partial charge on any atom is -0.462 e. The predicted octanol–water partition coefficient (Wildman–Crippen LogP) is 4.53. The zero-order valence-electron chi connectivity index (χ0n) is 13.8. The minimum absolute atomic E-state index is 0.266. The SMILES string of the molecule is CCOC(=O)c1c(NC(=S)Nc2ccc(C)cc2)sc2c1CCC2. The van der Waals surface area contributed by atoms with E-state index >= 15 is 0 Å². The third-order valence-corrected chi connectivity index (χ3v) is 5.35. The molecule has 0 fully saturated rings. The smallest absolute Gasteiger partial charge is 0.341 e. The number of fused-ring (bicyclic) bond motifs is 1. The quantitative estimate of drug-likeness (QED) is 0.620. The summed E-state index contributed by atoms with van der Waals surface area (Å²) in [5, 5.41) is 7.59. The van der Waals surface area contributed by atoms with Crippen LogP contribution in [0.1, 0.15) is 39.7 Å². The Kier molecular flexibility index (Phi) is 5.16. The van der Waals surface area contributed by atoms with Crippen LogP contribution in [0.5, 0.6) is 0 Å². The van der Waals surface area contributed by atoms with Crippen LogP contribution >= 0.6 is 23.6 Å². The van der Waals surface area contributed by atoms with Gasteiger partial charge in [0.25, 0.3) is 0 Å². The number of ether oxygens (including phenoxy) is 1. The first kappa shape index (κ1) is 16.9. The van der Waals surface area contributed by atoms with E-state index in [1.807, 2.05) is 38.1 Å². The fourth-order valence-corrected chi connectivity index (χ4v) is 4.38. The second-order valence-electron chi connectivity index (χ2n) is 5.73. The van der Waals surface area contributed by atoms with Crippen molar-refractivity contribution in [3.63, 3.8) is 0 Å². The maximum Gasteiger partial charge on any atom is 0.341 e. The number of esters is 1. The van der Waals surface area contributed by atoms with Crippen LogP contribution < -0.4 is 10.6 Å². The van der Waals surface area contributed by atoms with E-state index in [0.29, 0.717) is 17.3 Å². The summed E-state index contributed by atoms with van der Waals surface area (Å²) in [7, 11) is 0. The van der Waals surface area contributed by atoms with E-state index in [0.717, 1.165) is 35.5 Å². The summed E-state index contributed by atoms with van der Waals surface area (Å²) >= 11 is 7.01. The topological polar surface area (TPSA) is 50.4 Å². The van der Waals surface area contributed by atoms with Gasteiger partial charge < -0.3 is 15.4 Å². The van der Waals surface area contributed by atoms with Crippen LogP contribution in [0.25, 0.3) is 0 Å². The first-order chi connectivity index (χ1) is 11.6. The number of nitrogens with one attached hydrogen (secondary N) is 2. The Morgan fingerprint density at radius 1 is 1.25 bits per heavy atom. The molecule has 3 rings (SSSR count). The van der Waals surface area contributed by atoms with Gasteiger partial charge in [-0.1, -0.05) is 17.7 Å². The van der Waals surface area contributed by atoms with Crippen LogP contribution in [0.3, 0.4) is 0 Å². The summed E-state index contributed by atoms with van der Waals surface area (Å²) in [5.74, 6) is -0.266. The number of carbonyl (C=O) groups is 1. The third-order valence-electron chi connectivity index (χ3n) is 3.94. The lowest BCUT2D eigenvalue weighted by atomic mass is 10.1. The molecular weight excluding hydrogens is 340 g/mol. The molecule has 126 valence electrons. The molecule has 1 aromatic carbocycles. The molecule has 0 radical (unpaired) electrons. The predicted molar refractivity (Wildman–Crippen MR) is 103 cm³/mol. The highest BCUT2D eigenvalue weighted by Gasteiger charge is 2.27. The van der Waals surface area contributed by atoms with Crippen LogP contribution in [-0.4, -0.2) is 17.7 Å². The number of aryl methyl sites for hydroxylation is 2. The van der Waals surface area contributed by atoms with Gasteiger partial charge in [0.15, 0.2) is 5.11 Å². The molecule has 1 aliphatic carbocycles. The van der Waals surface area contributed by atoms with Crippen LogP contribution in [-0.2, 0) is 17.6 Å². The molecule has 4 nitrogen and oxygen atoms in total. The molecule has 6 heteroatoms. The summed E-state index contributed by atoms with van der Waals surface area (Å²) in [6.07, 6.45) is 3.05. The van der Waals surface area contributed by atoms with Crippen molar-refractivity contribution in [1.82, 2.24) is 0 Å². The van der Waals surface area contributed by atoms with Gasteiger partial charge in [0.2, 0.25) is 0 Å². The van der Waals surface area contributed by atoms with Gasteiger partial charge in [0.1, 0.15) is 5.00 Å². The molecule has 0 saturated heterocycles. The van der Waals surface area contributed by atoms with Crippen LogP contribution in [0.15, 0.2) is 24.3 Å². The normalized spacial score (nSPS) is 12.6. The first-order valence-electron chi connectivity index (χ1n) is 8.04. The van der Waals surface area contributed by atoms with E-state index in [2.05, 4.69) is 10.6 Å². The Balaban J connectivity index is 1.78. The Labute approximate surface area is 151 Å². The molecule has 1 aromatic heterocycles. The minimum atomic E-state index is -0.266. The Bertz CT molecular complexity index is 766. The lowest BCUT2D eigenvalue weighted by Gasteiger charge is -2.11. The van der Waals surface area contributed by atoms with Crippen molar-refractivity contribution in [3.05, 3.63) is 45.8 Å².